The summed E-state index contributed by atoms with van der Waals surface area (Å²) in [7, 11) is -4.49. The molecule has 10 heteroatoms. The minimum atomic E-state index is -2.28. The summed E-state index contributed by atoms with van der Waals surface area (Å²) < 4.78 is 56.5. The first-order valence-electron chi connectivity index (χ1n) is 3.95. The predicted molar refractivity (Wildman–Crippen MR) is 64.2 cm³/mol. The van der Waals surface area contributed by atoms with Crippen molar-refractivity contribution in [3.8, 4) is 0 Å². The average Bonchev–Trinajstić information content (AvgIpc) is 2.30. The molecule has 0 heterocycles. The van der Waals surface area contributed by atoms with Gasteiger partial charge in [-0.3, -0.25) is 0 Å². The number of hydrogen-bond donors (Lipinski definition) is 0. The molecule has 0 aliphatic rings. The highest BCUT2D eigenvalue weighted by Gasteiger charge is 2.49. The average molecular weight is 334 g/mol. The van der Waals surface area contributed by atoms with Gasteiger partial charge in [0.2, 0.25) is 5.25 Å². The standard InChI is InChI=1S/C6H9Cl2F2O3S3/c7-1-5(14-11)6(8)16(13)15(12)4(2-9)3-10/h4-6H,1-3H2/q+1. The van der Waals surface area contributed by atoms with Crippen molar-refractivity contribution >= 4 is 55.3 Å². The number of rotatable bonds is 8. The van der Waals surface area contributed by atoms with Crippen LogP contribution in [-0.4, -0.2) is 43.5 Å². The van der Waals surface area contributed by atoms with Gasteiger partial charge >= 0.3 is 16.9 Å². The van der Waals surface area contributed by atoms with Crippen molar-refractivity contribution in [2.75, 3.05) is 19.2 Å². The van der Waals surface area contributed by atoms with E-state index in [0.717, 1.165) is 0 Å². The van der Waals surface area contributed by atoms with Crippen LogP contribution in [0.25, 0.3) is 0 Å². The van der Waals surface area contributed by atoms with Gasteiger partial charge in [-0.15, -0.1) is 11.6 Å². The van der Waals surface area contributed by atoms with Gasteiger partial charge in [0, 0.05) is 4.21 Å². The lowest BCUT2D eigenvalue weighted by molar-refractivity contribution is 0.396. The fourth-order valence-electron chi connectivity index (χ4n) is 0.632. The summed E-state index contributed by atoms with van der Waals surface area (Å²) in [5.41, 5.74) is 0. The van der Waals surface area contributed by atoms with Gasteiger partial charge in [0.1, 0.15) is 13.3 Å². The summed E-state index contributed by atoms with van der Waals surface area (Å²) in [6.45, 7) is -2.40. The van der Waals surface area contributed by atoms with Crippen LogP contribution in [0, 0.1) is 0 Å². The molecule has 4 unspecified atom stereocenters. The molecule has 0 aromatic heterocycles. The molecule has 3 nitrogen and oxygen atoms in total. The van der Waals surface area contributed by atoms with E-state index in [0.29, 0.717) is 0 Å². The van der Waals surface area contributed by atoms with Crippen LogP contribution in [0.15, 0.2) is 0 Å². The molecule has 96 valence electrons. The van der Waals surface area contributed by atoms with E-state index in [-0.39, 0.29) is 17.5 Å². The maximum Gasteiger partial charge on any atom is 0.470 e. The molecular weight excluding hydrogens is 325 g/mol. The van der Waals surface area contributed by atoms with E-state index in [1.54, 1.807) is 0 Å². The molecule has 0 bridgehead atoms. The third-order valence-electron chi connectivity index (χ3n) is 1.53. The Labute approximate surface area is 111 Å². The highest BCUT2D eigenvalue weighted by Crippen LogP contribution is 2.24. The molecule has 0 amide bonds. The summed E-state index contributed by atoms with van der Waals surface area (Å²) in [4.78, 5) is 0. The Morgan fingerprint density at radius 3 is 2.06 bits per heavy atom. The summed E-state index contributed by atoms with van der Waals surface area (Å²) in [6, 6.07) is 0. The van der Waals surface area contributed by atoms with Crippen LogP contribution in [0.2, 0.25) is 0 Å². The minimum Gasteiger partial charge on any atom is -0.571 e. The first-order valence-corrected chi connectivity index (χ1v) is 8.67. The van der Waals surface area contributed by atoms with Crippen molar-refractivity contribution in [1.82, 2.24) is 0 Å². The zero-order valence-corrected chi connectivity index (χ0v) is 11.8. The largest absolute Gasteiger partial charge is 0.571 e. The lowest BCUT2D eigenvalue weighted by Gasteiger charge is -2.18. The van der Waals surface area contributed by atoms with E-state index in [2.05, 4.69) is 0 Å². The molecule has 0 saturated heterocycles. The van der Waals surface area contributed by atoms with Gasteiger partial charge < -0.3 is 9.11 Å². The zero-order valence-electron chi connectivity index (χ0n) is 7.81. The SMILES string of the molecule is O=[S+]C(CCl)C(Cl)[S+]([O-])[S+]([O-])C(CF)CF. The number of halogens is 4. The second-order valence-electron chi connectivity index (χ2n) is 2.59. The van der Waals surface area contributed by atoms with Crippen molar-refractivity contribution in [2.45, 2.75) is 15.2 Å². The van der Waals surface area contributed by atoms with Gasteiger partial charge in [0.15, 0.2) is 20.4 Å². The van der Waals surface area contributed by atoms with Crippen molar-refractivity contribution in [3.63, 3.8) is 0 Å². The summed E-state index contributed by atoms with van der Waals surface area (Å²) in [5.74, 6) is -0.179. The van der Waals surface area contributed by atoms with E-state index >= 15 is 0 Å². The molecule has 0 aliphatic carbocycles. The molecule has 0 aliphatic heterocycles. The second-order valence-corrected chi connectivity index (χ2v) is 8.61. The Morgan fingerprint density at radius 1 is 1.25 bits per heavy atom. The van der Waals surface area contributed by atoms with Gasteiger partial charge in [-0.05, 0) is 0 Å². The van der Waals surface area contributed by atoms with Crippen molar-refractivity contribution in [3.05, 3.63) is 0 Å². The van der Waals surface area contributed by atoms with Crippen molar-refractivity contribution in [1.29, 1.82) is 0 Å². The quantitative estimate of drug-likeness (QED) is 0.382. The Balaban J connectivity index is 4.51. The van der Waals surface area contributed by atoms with E-state index in [1.807, 2.05) is 0 Å². The van der Waals surface area contributed by atoms with E-state index < -0.39 is 49.0 Å². The zero-order chi connectivity index (χ0) is 12.7. The van der Waals surface area contributed by atoms with Crippen LogP contribution in [0.5, 0.6) is 0 Å². The van der Waals surface area contributed by atoms with E-state index in [4.69, 9.17) is 23.2 Å². The first-order chi connectivity index (χ1) is 7.53. The molecule has 0 radical (unpaired) electrons. The lowest BCUT2D eigenvalue weighted by Crippen LogP contribution is -2.41. The Morgan fingerprint density at radius 2 is 1.75 bits per heavy atom. The Kier molecular flexibility index (Phi) is 9.68. The monoisotopic (exact) mass is 333 g/mol. The van der Waals surface area contributed by atoms with Gasteiger partial charge in [0.25, 0.3) is 4.71 Å². The maximum absolute atomic E-state index is 12.2. The molecule has 0 rings (SSSR count). The topological polar surface area (TPSA) is 63.2 Å². The van der Waals surface area contributed by atoms with Crippen LogP contribution in [0.4, 0.5) is 8.78 Å². The Hall–Kier alpha value is 1.08. The summed E-state index contributed by atoms with van der Waals surface area (Å²) >= 11 is 11.0. The third-order valence-corrected chi connectivity index (χ3v) is 8.39. The molecular formula is C6H9Cl2F2O3S3+. The predicted octanol–water partition coefficient (Wildman–Crippen LogP) is 1.31. The van der Waals surface area contributed by atoms with Gasteiger partial charge in [-0.25, -0.2) is 8.78 Å². The molecule has 0 saturated carbocycles. The van der Waals surface area contributed by atoms with Crippen LogP contribution in [0.1, 0.15) is 0 Å². The third kappa shape index (κ3) is 4.75. The number of alkyl halides is 4. The minimum absolute atomic E-state index is 0.0218. The summed E-state index contributed by atoms with van der Waals surface area (Å²) in [5, 5.41) is -2.40. The van der Waals surface area contributed by atoms with Crippen LogP contribution < -0.4 is 0 Å². The lowest BCUT2D eigenvalue weighted by atomic mass is 10.5. The number of hydrogen-bond acceptors (Lipinski definition) is 3. The molecule has 16 heavy (non-hydrogen) atoms. The summed E-state index contributed by atoms with van der Waals surface area (Å²) in [6.07, 6.45) is 0. The molecule has 4 atom stereocenters. The molecule has 0 fully saturated rings. The smallest absolute Gasteiger partial charge is 0.470 e. The van der Waals surface area contributed by atoms with Crippen molar-refractivity contribution in [2.24, 2.45) is 0 Å². The molecule has 0 aromatic rings. The van der Waals surface area contributed by atoms with Crippen LogP contribution in [0.3, 0.4) is 0 Å². The fraction of sp³-hybridized carbons (Fsp3) is 1.00. The van der Waals surface area contributed by atoms with E-state index in [9.17, 15) is 22.1 Å². The first kappa shape index (κ1) is 17.1. The highest BCUT2D eigenvalue weighted by atomic mass is 35.5. The normalized spacial score (nSPS) is 19.2. The second kappa shape index (κ2) is 9.07. The molecule has 0 spiro atoms. The van der Waals surface area contributed by atoms with Gasteiger partial charge in [-0.1, -0.05) is 11.6 Å². The van der Waals surface area contributed by atoms with E-state index in [1.165, 1.54) is 0 Å². The maximum atomic E-state index is 12.2. The van der Waals surface area contributed by atoms with Crippen molar-refractivity contribution < 1.29 is 22.1 Å². The molecule has 0 N–H and O–H groups in total. The van der Waals surface area contributed by atoms with Gasteiger partial charge in [0.05, 0.1) is 5.88 Å². The van der Waals surface area contributed by atoms with Crippen LogP contribution in [-0.2, 0) is 36.3 Å². The van der Waals surface area contributed by atoms with Crippen LogP contribution >= 0.6 is 23.2 Å². The highest BCUT2D eigenvalue weighted by molar-refractivity contribution is 8.68. The molecule has 0 aromatic carbocycles. The Bertz CT molecular complexity index is 213. The fourth-order valence-corrected chi connectivity index (χ4v) is 5.87. The van der Waals surface area contributed by atoms with Gasteiger partial charge in [-0.2, -0.15) is 0 Å².